The van der Waals surface area contributed by atoms with Gasteiger partial charge in [0.15, 0.2) is 0 Å². The molecule has 2 aromatic heterocycles. The summed E-state index contributed by atoms with van der Waals surface area (Å²) in [5.74, 6) is 0.506. The van der Waals surface area contributed by atoms with E-state index in [0.29, 0.717) is 18.9 Å². The molecule has 1 aliphatic rings. The first-order valence-electron chi connectivity index (χ1n) is 5.60. The van der Waals surface area contributed by atoms with Gasteiger partial charge in [-0.05, 0) is 12.1 Å². The highest BCUT2D eigenvalue weighted by molar-refractivity contribution is 5.45. The molecule has 0 amide bonds. The molecule has 3 rings (SSSR count). The number of hydrogen-bond donors (Lipinski definition) is 0. The van der Waals surface area contributed by atoms with E-state index in [-0.39, 0.29) is 0 Å². The van der Waals surface area contributed by atoms with Crippen LogP contribution in [0.5, 0.6) is 0 Å². The number of anilines is 1. The maximum atomic E-state index is 12.4. The molecule has 0 fully saturated rings. The van der Waals surface area contributed by atoms with Crippen LogP contribution in [0.15, 0.2) is 30.9 Å². The number of nitrogens with zero attached hydrogens (tertiary/aromatic N) is 4. The Morgan fingerprint density at radius 2 is 1.89 bits per heavy atom. The minimum atomic E-state index is -4.36. The van der Waals surface area contributed by atoms with Crippen molar-refractivity contribution in [2.45, 2.75) is 19.3 Å². The van der Waals surface area contributed by atoms with E-state index in [1.54, 1.807) is 6.20 Å². The molecule has 1 aliphatic heterocycles. The molecule has 0 aliphatic carbocycles. The first-order valence-corrected chi connectivity index (χ1v) is 5.60. The summed E-state index contributed by atoms with van der Waals surface area (Å²) in [7, 11) is 0. The van der Waals surface area contributed by atoms with Crippen LogP contribution in [0.2, 0.25) is 0 Å². The van der Waals surface area contributed by atoms with Crippen molar-refractivity contribution >= 4 is 5.82 Å². The number of alkyl halides is 3. The van der Waals surface area contributed by atoms with Gasteiger partial charge in [0, 0.05) is 24.5 Å². The number of rotatable bonds is 1. The molecule has 3 heterocycles. The predicted molar refractivity (Wildman–Crippen MR) is 61.2 cm³/mol. The van der Waals surface area contributed by atoms with Gasteiger partial charge in [0.05, 0.1) is 17.8 Å². The third-order valence-electron chi connectivity index (χ3n) is 2.98. The summed E-state index contributed by atoms with van der Waals surface area (Å²) in [5, 5.41) is 0. The Morgan fingerprint density at radius 3 is 2.53 bits per heavy atom. The number of hydrogen-bond acceptors (Lipinski definition) is 4. The maximum Gasteiger partial charge on any atom is 0.417 e. The second-order valence-corrected chi connectivity index (χ2v) is 4.25. The fraction of sp³-hybridized carbons (Fsp3) is 0.250. The van der Waals surface area contributed by atoms with Crippen molar-refractivity contribution in [1.82, 2.24) is 15.0 Å². The molecule has 19 heavy (non-hydrogen) atoms. The molecular weight excluding hydrogens is 257 g/mol. The van der Waals surface area contributed by atoms with Crippen molar-refractivity contribution in [3.05, 3.63) is 47.7 Å². The van der Waals surface area contributed by atoms with Crippen LogP contribution in [-0.4, -0.2) is 15.0 Å². The van der Waals surface area contributed by atoms with Gasteiger partial charge in [-0.3, -0.25) is 0 Å². The lowest BCUT2D eigenvalue weighted by atomic mass is 10.2. The molecule has 0 unspecified atom stereocenters. The molecule has 0 saturated heterocycles. The van der Waals surface area contributed by atoms with Crippen LogP contribution in [0.1, 0.15) is 16.8 Å². The van der Waals surface area contributed by atoms with E-state index in [1.165, 1.54) is 12.4 Å². The van der Waals surface area contributed by atoms with E-state index in [4.69, 9.17) is 0 Å². The average molecular weight is 266 g/mol. The quantitative estimate of drug-likeness (QED) is 0.795. The van der Waals surface area contributed by atoms with Crippen LogP contribution in [0, 0.1) is 0 Å². The lowest BCUT2D eigenvalue weighted by Gasteiger charge is -2.16. The molecule has 4 nitrogen and oxygen atoms in total. The van der Waals surface area contributed by atoms with Gasteiger partial charge in [-0.1, -0.05) is 0 Å². The number of pyridine rings is 1. The minimum Gasteiger partial charge on any atom is -0.346 e. The normalized spacial score (nSPS) is 14.6. The molecule has 7 heteroatoms. The Morgan fingerprint density at radius 1 is 1.05 bits per heavy atom. The smallest absolute Gasteiger partial charge is 0.346 e. The third kappa shape index (κ3) is 2.23. The zero-order valence-corrected chi connectivity index (χ0v) is 9.72. The van der Waals surface area contributed by atoms with Crippen molar-refractivity contribution in [1.29, 1.82) is 0 Å². The lowest BCUT2D eigenvalue weighted by molar-refractivity contribution is -0.137. The molecule has 0 saturated carbocycles. The van der Waals surface area contributed by atoms with E-state index in [0.717, 1.165) is 23.5 Å². The second kappa shape index (κ2) is 4.18. The summed E-state index contributed by atoms with van der Waals surface area (Å²) in [6, 6.07) is 2.42. The highest BCUT2D eigenvalue weighted by Gasteiger charge is 2.31. The summed E-state index contributed by atoms with van der Waals surface area (Å²) in [6.07, 6.45) is -0.329. The van der Waals surface area contributed by atoms with Crippen LogP contribution in [0.3, 0.4) is 0 Å². The Balaban J connectivity index is 1.82. The van der Waals surface area contributed by atoms with Crippen molar-refractivity contribution in [3.8, 4) is 0 Å². The maximum absolute atomic E-state index is 12.4. The largest absolute Gasteiger partial charge is 0.417 e. The van der Waals surface area contributed by atoms with Gasteiger partial charge in [0.1, 0.15) is 12.1 Å². The predicted octanol–water partition coefficient (Wildman–Crippen LogP) is 2.41. The summed E-state index contributed by atoms with van der Waals surface area (Å²) >= 11 is 0. The molecule has 0 radical (unpaired) electrons. The fourth-order valence-electron chi connectivity index (χ4n) is 2.00. The monoisotopic (exact) mass is 266 g/mol. The van der Waals surface area contributed by atoms with Gasteiger partial charge >= 0.3 is 6.18 Å². The zero-order valence-electron chi connectivity index (χ0n) is 9.72. The standard InChI is InChI=1S/C12H9F3N4/c13-12(14,15)9-1-2-11(17-4-9)19-5-8-3-16-7-18-10(8)6-19/h1-4,7H,5-6H2. The van der Waals surface area contributed by atoms with Crippen LogP contribution >= 0.6 is 0 Å². The van der Waals surface area contributed by atoms with E-state index < -0.39 is 11.7 Å². The minimum absolute atomic E-state index is 0.506. The van der Waals surface area contributed by atoms with Gasteiger partial charge < -0.3 is 4.90 Å². The Hall–Kier alpha value is -2.18. The van der Waals surface area contributed by atoms with Crippen molar-refractivity contribution in [3.63, 3.8) is 0 Å². The van der Waals surface area contributed by atoms with Crippen molar-refractivity contribution < 1.29 is 13.2 Å². The third-order valence-corrected chi connectivity index (χ3v) is 2.98. The first kappa shape index (κ1) is 11.9. The van der Waals surface area contributed by atoms with E-state index in [2.05, 4.69) is 15.0 Å². The molecule has 0 spiro atoms. The van der Waals surface area contributed by atoms with Crippen LogP contribution in [0.25, 0.3) is 0 Å². The highest BCUT2D eigenvalue weighted by atomic mass is 19.4. The first-order chi connectivity index (χ1) is 9.04. The van der Waals surface area contributed by atoms with Crippen LogP contribution in [-0.2, 0) is 19.3 Å². The SMILES string of the molecule is FC(F)(F)c1ccc(N2Cc3cncnc3C2)nc1. The summed E-state index contributed by atoms with van der Waals surface area (Å²) in [4.78, 5) is 13.8. The van der Waals surface area contributed by atoms with Crippen molar-refractivity contribution in [2.75, 3.05) is 4.90 Å². The summed E-state index contributed by atoms with van der Waals surface area (Å²) < 4.78 is 37.3. The van der Waals surface area contributed by atoms with Crippen molar-refractivity contribution in [2.24, 2.45) is 0 Å². The van der Waals surface area contributed by atoms with Gasteiger partial charge in [-0.2, -0.15) is 13.2 Å². The van der Waals surface area contributed by atoms with Gasteiger partial charge in [-0.25, -0.2) is 15.0 Å². The van der Waals surface area contributed by atoms with E-state index in [1.807, 2.05) is 4.90 Å². The van der Waals surface area contributed by atoms with Crippen LogP contribution in [0.4, 0.5) is 19.0 Å². The molecule has 0 N–H and O–H groups in total. The Kier molecular flexibility index (Phi) is 2.62. The molecular formula is C12H9F3N4. The van der Waals surface area contributed by atoms with E-state index >= 15 is 0 Å². The van der Waals surface area contributed by atoms with Gasteiger partial charge in [-0.15, -0.1) is 0 Å². The second-order valence-electron chi connectivity index (χ2n) is 4.25. The average Bonchev–Trinajstić information content (AvgIpc) is 2.81. The highest BCUT2D eigenvalue weighted by Crippen LogP contribution is 2.30. The lowest BCUT2D eigenvalue weighted by Crippen LogP contribution is -2.16. The topological polar surface area (TPSA) is 41.9 Å². The Bertz CT molecular complexity index is 570. The molecule has 0 aromatic carbocycles. The van der Waals surface area contributed by atoms with Gasteiger partial charge in [0.25, 0.3) is 0 Å². The molecule has 2 aromatic rings. The number of fused-ring (bicyclic) bond motifs is 1. The Labute approximate surface area is 106 Å². The van der Waals surface area contributed by atoms with E-state index in [9.17, 15) is 13.2 Å². The number of halogens is 3. The molecule has 0 bridgehead atoms. The summed E-state index contributed by atoms with van der Waals surface area (Å²) in [5.41, 5.74) is 1.12. The fourth-order valence-corrected chi connectivity index (χ4v) is 2.00. The number of aromatic nitrogens is 3. The molecule has 98 valence electrons. The van der Waals surface area contributed by atoms with Crippen LogP contribution < -0.4 is 4.90 Å². The van der Waals surface area contributed by atoms with Gasteiger partial charge in [0.2, 0.25) is 0 Å². The summed E-state index contributed by atoms with van der Waals surface area (Å²) in [6.45, 7) is 1.10. The molecule has 0 atom stereocenters. The zero-order chi connectivity index (χ0) is 13.5.